The third-order valence-corrected chi connectivity index (χ3v) is 16.6. The monoisotopic (exact) mass is 1110 g/mol. The van der Waals surface area contributed by atoms with E-state index in [0.717, 1.165) is 44.9 Å². The summed E-state index contributed by atoms with van der Waals surface area (Å²) in [4.78, 5) is 24.5. The lowest BCUT2D eigenvalue weighted by molar-refractivity contribution is -0.143. The molecule has 2 unspecified atom stereocenters. The molecule has 79 heavy (non-hydrogen) atoms. The second-order valence-electron chi connectivity index (χ2n) is 24.6. The van der Waals surface area contributed by atoms with Gasteiger partial charge in [-0.2, -0.15) is 0 Å². The van der Waals surface area contributed by atoms with E-state index in [1.165, 1.54) is 321 Å². The minimum Gasteiger partial charge on any atom is -0.466 e. The summed E-state index contributed by atoms with van der Waals surface area (Å²) in [5.41, 5.74) is 0. The molecule has 2 atom stereocenters. The molecule has 0 aromatic carbocycles. The average Bonchev–Trinajstić information content (AvgIpc) is 3.45. The highest BCUT2D eigenvalue weighted by molar-refractivity contribution is 5.76. The van der Waals surface area contributed by atoms with E-state index in [2.05, 4.69) is 43.5 Å². The van der Waals surface area contributed by atoms with E-state index >= 15 is 0 Å². The molecule has 1 amide bonds. The number of esters is 1. The number of aliphatic hydroxyl groups is 2. The Kier molecular flexibility index (Phi) is 66.9. The predicted octanol–water partition coefficient (Wildman–Crippen LogP) is 23.1. The van der Waals surface area contributed by atoms with Crippen molar-refractivity contribution in [2.24, 2.45) is 0 Å². The SMILES string of the molecule is CCCCCCCCC/C=C\CCCCCCCC(=O)OCCCCCCCCCCCCCCCC/C=C\CCCCCCCCCCCCCCCCCCCC(=O)NC(CO)C(O)/C=C/CCCCCCCCCCC. The van der Waals surface area contributed by atoms with Crippen LogP contribution in [0.25, 0.3) is 0 Å². The van der Waals surface area contributed by atoms with E-state index < -0.39 is 12.1 Å². The summed E-state index contributed by atoms with van der Waals surface area (Å²) in [6, 6.07) is -0.624. The number of carbonyl (C=O) groups excluding carboxylic acids is 2. The summed E-state index contributed by atoms with van der Waals surface area (Å²) >= 11 is 0. The van der Waals surface area contributed by atoms with E-state index in [9.17, 15) is 19.8 Å². The van der Waals surface area contributed by atoms with Gasteiger partial charge in [-0.15, -0.1) is 0 Å². The highest BCUT2D eigenvalue weighted by atomic mass is 16.5. The Labute approximate surface area is 494 Å². The van der Waals surface area contributed by atoms with Gasteiger partial charge in [-0.1, -0.05) is 333 Å². The van der Waals surface area contributed by atoms with Crippen LogP contribution >= 0.6 is 0 Å². The Morgan fingerprint density at radius 1 is 0.342 bits per heavy atom. The topological polar surface area (TPSA) is 95.9 Å². The van der Waals surface area contributed by atoms with Crippen LogP contribution in [0.15, 0.2) is 36.5 Å². The van der Waals surface area contributed by atoms with Crippen molar-refractivity contribution in [3.8, 4) is 0 Å². The van der Waals surface area contributed by atoms with E-state index in [4.69, 9.17) is 4.74 Å². The number of hydrogen-bond acceptors (Lipinski definition) is 5. The van der Waals surface area contributed by atoms with Crippen molar-refractivity contribution in [1.29, 1.82) is 0 Å². The zero-order chi connectivity index (χ0) is 57.1. The number of nitrogens with one attached hydrogen (secondary N) is 1. The number of amides is 1. The average molecular weight is 1110 g/mol. The summed E-state index contributed by atoms with van der Waals surface area (Å²) in [6.07, 6.45) is 88.2. The Morgan fingerprint density at radius 2 is 0.595 bits per heavy atom. The lowest BCUT2D eigenvalue weighted by Crippen LogP contribution is -2.45. The minimum absolute atomic E-state index is 0.0129. The molecular weight excluding hydrogens is 971 g/mol. The molecule has 0 saturated heterocycles. The molecule has 466 valence electrons. The molecule has 0 aromatic heterocycles. The molecule has 6 heteroatoms. The van der Waals surface area contributed by atoms with Crippen LogP contribution in [0.1, 0.15) is 393 Å². The predicted molar refractivity (Wildman–Crippen MR) is 347 cm³/mol. The molecule has 0 aromatic rings. The summed E-state index contributed by atoms with van der Waals surface area (Å²) in [5, 5.41) is 23.1. The number of unbranched alkanes of at least 4 members (excludes halogenated alkanes) is 52. The Bertz CT molecular complexity index is 1280. The third kappa shape index (κ3) is 65.1. The van der Waals surface area contributed by atoms with Gasteiger partial charge in [-0.3, -0.25) is 9.59 Å². The molecule has 0 aliphatic rings. The molecule has 0 bridgehead atoms. The van der Waals surface area contributed by atoms with Crippen molar-refractivity contribution in [2.75, 3.05) is 13.2 Å². The van der Waals surface area contributed by atoms with Crippen molar-refractivity contribution in [1.82, 2.24) is 5.32 Å². The Balaban J connectivity index is 3.33. The maximum Gasteiger partial charge on any atom is 0.305 e. The first-order valence-electron chi connectivity index (χ1n) is 35.8. The Morgan fingerprint density at radius 3 is 0.899 bits per heavy atom. The van der Waals surface area contributed by atoms with Crippen LogP contribution in [0, 0.1) is 0 Å². The maximum absolute atomic E-state index is 12.4. The van der Waals surface area contributed by atoms with Crippen LogP contribution in [0.5, 0.6) is 0 Å². The molecule has 0 fully saturated rings. The number of ether oxygens (including phenoxy) is 1. The molecule has 0 saturated carbocycles. The van der Waals surface area contributed by atoms with E-state index in [0.29, 0.717) is 19.4 Å². The summed E-state index contributed by atoms with van der Waals surface area (Å²) in [6.45, 7) is 4.91. The maximum atomic E-state index is 12.4. The molecule has 0 radical (unpaired) electrons. The summed E-state index contributed by atoms with van der Waals surface area (Å²) in [7, 11) is 0. The zero-order valence-electron chi connectivity index (χ0n) is 53.4. The first kappa shape index (κ1) is 77.1. The van der Waals surface area contributed by atoms with Gasteiger partial charge in [0.05, 0.1) is 25.4 Å². The van der Waals surface area contributed by atoms with Gasteiger partial charge in [0.15, 0.2) is 0 Å². The highest BCUT2D eigenvalue weighted by Crippen LogP contribution is 2.18. The lowest BCUT2D eigenvalue weighted by Gasteiger charge is -2.20. The Hall–Kier alpha value is -1.92. The number of hydrogen-bond donors (Lipinski definition) is 3. The van der Waals surface area contributed by atoms with Gasteiger partial charge in [0.2, 0.25) is 5.91 Å². The van der Waals surface area contributed by atoms with Crippen molar-refractivity contribution < 1.29 is 24.5 Å². The molecule has 0 aliphatic heterocycles. The van der Waals surface area contributed by atoms with Gasteiger partial charge in [0.25, 0.3) is 0 Å². The van der Waals surface area contributed by atoms with E-state index in [-0.39, 0.29) is 18.5 Å². The highest BCUT2D eigenvalue weighted by Gasteiger charge is 2.18. The lowest BCUT2D eigenvalue weighted by atomic mass is 10.0. The van der Waals surface area contributed by atoms with Crippen molar-refractivity contribution >= 4 is 11.9 Å². The first-order chi connectivity index (χ1) is 39.0. The number of allylic oxidation sites excluding steroid dienone is 5. The fourth-order valence-electron chi connectivity index (χ4n) is 11.2. The van der Waals surface area contributed by atoms with Crippen LogP contribution in [-0.2, 0) is 14.3 Å². The second-order valence-corrected chi connectivity index (χ2v) is 24.6. The van der Waals surface area contributed by atoms with Gasteiger partial charge in [-0.05, 0) is 83.5 Å². The van der Waals surface area contributed by atoms with E-state index in [1.54, 1.807) is 6.08 Å². The molecule has 0 heterocycles. The fraction of sp³-hybridized carbons (Fsp3) is 0.890. The molecular formula is C73H139NO5. The molecule has 6 nitrogen and oxygen atoms in total. The van der Waals surface area contributed by atoms with Crippen LogP contribution in [0.4, 0.5) is 0 Å². The quantitative estimate of drug-likeness (QED) is 0.0320. The van der Waals surface area contributed by atoms with Crippen LogP contribution in [0.3, 0.4) is 0 Å². The van der Waals surface area contributed by atoms with Crippen molar-refractivity contribution in [2.45, 2.75) is 405 Å². The van der Waals surface area contributed by atoms with Crippen molar-refractivity contribution in [3.05, 3.63) is 36.5 Å². The molecule has 0 rings (SSSR count). The third-order valence-electron chi connectivity index (χ3n) is 16.6. The fourth-order valence-corrected chi connectivity index (χ4v) is 11.2. The van der Waals surface area contributed by atoms with E-state index in [1.807, 2.05) is 6.08 Å². The summed E-state index contributed by atoms with van der Waals surface area (Å²) < 4.78 is 5.50. The van der Waals surface area contributed by atoms with Gasteiger partial charge < -0.3 is 20.3 Å². The van der Waals surface area contributed by atoms with Gasteiger partial charge in [0.1, 0.15) is 0 Å². The van der Waals surface area contributed by atoms with Gasteiger partial charge in [0, 0.05) is 12.8 Å². The summed E-state index contributed by atoms with van der Waals surface area (Å²) in [5.74, 6) is -0.0514. The van der Waals surface area contributed by atoms with Crippen LogP contribution in [0.2, 0.25) is 0 Å². The molecule has 3 N–H and O–H groups in total. The first-order valence-corrected chi connectivity index (χ1v) is 35.8. The molecule has 0 spiro atoms. The number of aliphatic hydroxyl groups excluding tert-OH is 2. The normalized spacial score (nSPS) is 12.7. The zero-order valence-corrected chi connectivity index (χ0v) is 53.4. The largest absolute Gasteiger partial charge is 0.466 e. The van der Waals surface area contributed by atoms with Crippen LogP contribution in [-0.4, -0.2) is 47.4 Å². The van der Waals surface area contributed by atoms with Gasteiger partial charge in [-0.25, -0.2) is 0 Å². The molecule has 0 aliphatic carbocycles. The standard InChI is InChI=1S/C73H139NO5/c1-3-5-7-9-11-13-15-16-17-40-43-47-51-55-59-63-67-73(78)79-68-64-60-56-52-48-44-41-38-36-34-32-30-28-26-24-22-20-18-19-21-23-25-27-29-31-33-35-37-39-42-46-50-54-58-62-66-72(77)74-70(69-75)71(76)65-61-57-53-49-45-14-12-10-8-6-4-2/h17,20,22,40,61,65,70-71,75-76H,3-16,18-19,21,23-39,41-60,62-64,66-69H2,1-2H3,(H,74,77)/b22-20-,40-17-,65-61+. The smallest absolute Gasteiger partial charge is 0.305 e. The van der Waals surface area contributed by atoms with Crippen molar-refractivity contribution in [3.63, 3.8) is 0 Å². The minimum atomic E-state index is -0.840. The number of rotatable bonds is 67. The second kappa shape index (κ2) is 68.6. The number of carbonyl (C=O) groups is 2. The van der Waals surface area contributed by atoms with Gasteiger partial charge >= 0.3 is 5.97 Å². The van der Waals surface area contributed by atoms with Crippen LogP contribution < -0.4 is 5.32 Å².